The standard InChI is InChI=1S/C11H16N2O5S2/c1-7(2)10(11(15)16)13-8(14)6-12-20(17,18)9-4-3-5-19-9/h3-5,7,10,12H,6H2,1-2H3,(H,13,14)(H,15,16)/t10-/m0/s1. The molecule has 0 fully saturated rings. The second-order valence-corrected chi connectivity index (χ2v) is 7.33. The summed E-state index contributed by atoms with van der Waals surface area (Å²) in [5.41, 5.74) is 0. The second-order valence-electron chi connectivity index (χ2n) is 4.38. The molecule has 1 atom stereocenters. The molecule has 0 aliphatic heterocycles. The summed E-state index contributed by atoms with van der Waals surface area (Å²) < 4.78 is 25.7. The van der Waals surface area contributed by atoms with Crippen molar-refractivity contribution in [3.63, 3.8) is 0 Å². The van der Waals surface area contributed by atoms with Crippen LogP contribution < -0.4 is 10.0 Å². The van der Waals surface area contributed by atoms with Crippen LogP contribution in [-0.2, 0) is 19.6 Å². The fraction of sp³-hybridized carbons (Fsp3) is 0.455. The van der Waals surface area contributed by atoms with E-state index < -0.39 is 34.5 Å². The van der Waals surface area contributed by atoms with E-state index in [9.17, 15) is 18.0 Å². The number of carboxylic acids is 1. The topological polar surface area (TPSA) is 113 Å². The van der Waals surface area contributed by atoms with E-state index in [-0.39, 0.29) is 10.1 Å². The second kappa shape index (κ2) is 6.82. The van der Waals surface area contributed by atoms with Crippen molar-refractivity contribution < 1.29 is 23.1 Å². The Morgan fingerprint density at radius 1 is 1.40 bits per heavy atom. The summed E-state index contributed by atoms with van der Waals surface area (Å²) in [5, 5.41) is 12.8. The van der Waals surface area contributed by atoms with Crippen molar-refractivity contribution in [3.05, 3.63) is 17.5 Å². The third kappa shape index (κ3) is 4.58. The number of carboxylic acid groups (broad SMARTS) is 1. The summed E-state index contributed by atoms with van der Waals surface area (Å²) in [4.78, 5) is 22.5. The van der Waals surface area contributed by atoms with Gasteiger partial charge in [0.15, 0.2) is 0 Å². The molecule has 0 aromatic carbocycles. The molecule has 0 aliphatic carbocycles. The van der Waals surface area contributed by atoms with E-state index in [0.717, 1.165) is 11.3 Å². The average Bonchev–Trinajstić information content (AvgIpc) is 2.87. The number of aliphatic carboxylic acids is 1. The molecule has 1 aromatic rings. The molecule has 0 radical (unpaired) electrons. The van der Waals surface area contributed by atoms with Gasteiger partial charge in [-0.3, -0.25) is 4.79 Å². The lowest BCUT2D eigenvalue weighted by molar-refractivity contribution is -0.142. The first-order valence-electron chi connectivity index (χ1n) is 5.79. The smallest absolute Gasteiger partial charge is 0.326 e. The van der Waals surface area contributed by atoms with Crippen molar-refractivity contribution in [2.45, 2.75) is 24.1 Å². The number of carbonyl (C=O) groups is 2. The first-order chi connectivity index (χ1) is 9.24. The summed E-state index contributed by atoms with van der Waals surface area (Å²) in [6.45, 7) is 2.79. The predicted molar refractivity (Wildman–Crippen MR) is 73.9 cm³/mol. The quantitative estimate of drug-likeness (QED) is 0.667. The maximum Gasteiger partial charge on any atom is 0.326 e. The molecule has 1 amide bonds. The minimum atomic E-state index is -3.73. The van der Waals surface area contributed by atoms with E-state index in [1.165, 1.54) is 6.07 Å². The molecule has 0 saturated heterocycles. The molecule has 3 N–H and O–H groups in total. The van der Waals surface area contributed by atoms with Crippen LogP contribution in [0.5, 0.6) is 0 Å². The number of thiophene rings is 1. The van der Waals surface area contributed by atoms with E-state index >= 15 is 0 Å². The lowest BCUT2D eigenvalue weighted by Gasteiger charge is -2.17. The molecule has 1 rings (SSSR count). The predicted octanol–water partition coefficient (Wildman–Crippen LogP) is 0.252. The van der Waals surface area contributed by atoms with E-state index in [0.29, 0.717) is 0 Å². The molecule has 1 heterocycles. The highest BCUT2D eigenvalue weighted by Gasteiger charge is 2.24. The fourth-order valence-corrected chi connectivity index (χ4v) is 3.41. The van der Waals surface area contributed by atoms with Crippen LogP contribution in [0.1, 0.15) is 13.8 Å². The van der Waals surface area contributed by atoms with Crippen LogP contribution >= 0.6 is 11.3 Å². The van der Waals surface area contributed by atoms with Crippen LogP contribution in [-0.4, -0.2) is 38.0 Å². The van der Waals surface area contributed by atoms with Crippen LogP contribution in [0.4, 0.5) is 0 Å². The first kappa shape index (κ1) is 16.6. The van der Waals surface area contributed by atoms with Crippen LogP contribution in [0.3, 0.4) is 0 Å². The summed E-state index contributed by atoms with van der Waals surface area (Å²) in [5.74, 6) is -2.15. The van der Waals surface area contributed by atoms with E-state index in [1.807, 2.05) is 0 Å². The molecule has 20 heavy (non-hydrogen) atoms. The van der Waals surface area contributed by atoms with Gasteiger partial charge in [-0.25, -0.2) is 17.9 Å². The highest BCUT2D eigenvalue weighted by Crippen LogP contribution is 2.14. The Hall–Kier alpha value is -1.45. The molecule has 112 valence electrons. The SMILES string of the molecule is CC(C)[C@H](NC(=O)CNS(=O)(=O)c1cccs1)C(=O)O. The van der Waals surface area contributed by atoms with Gasteiger partial charge >= 0.3 is 5.97 Å². The Kier molecular flexibility index (Phi) is 5.66. The Morgan fingerprint density at radius 2 is 2.05 bits per heavy atom. The molecule has 0 unspecified atom stereocenters. The van der Waals surface area contributed by atoms with Crippen LogP contribution in [0, 0.1) is 5.92 Å². The van der Waals surface area contributed by atoms with Gasteiger partial charge in [-0.15, -0.1) is 11.3 Å². The van der Waals surface area contributed by atoms with Gasteiger partial charge < -0.3 is 10.4 Å². The number of amides is 1. The zero-order chi connectivity index (χ0) is 15.3. The number of sulfonamides is 1. The van der Waals surface area contributed by atoms with Crippen molar-refractivity contribution in [3.8, 4) is 0 Å². The Labute approximate surface area is 121 Å². The van der Waals surface area contributed by atoms with Crippen molar-refractivity contribution in [1.82, 2.24) is 10.0 Å². The van der Waals surface area contributed by atoms with Gasteiger partial charge in [0.2, 0.25) is 5.91 Å². The summed E-state index contributed by atoms with van der Waals surface area (Å²) in [7, 11) is -3.73. The number of hydrogen-bond acceptors (Lipinski definition) is 5. The van der Waals surface area contributed by atoms with Crippen LogP contribution in [0.2, 0.25) is 0 Å². The zero-order valence-corrected chi connectivity index (χ0v) is 12.6. The minimum Gasteiger partial charge on any atom is -0.480 e. The summed E-state index contributed by atoms with van der Waals surface area (Å²) in [6.07, 6.45) is 0. The van der Waals surface area contributed by atoms with E-state index in [2.05, 4.69) is 10.0 Å². The van der Waals surface area contributed by atoms with Gasteiger partial charge in [-0.1, -0.05) is 19.9 Å². The normalized spacial score (nSPS) is 13.2. The van der Waals surface area contributed by atoms with Crippen molar-refractivity contribution >= 4 is 33.2 Å². The highest BCUT2D eigenvalue weighted by molar-refractivity contribution is 7.91. The first-order valence-corrected chi connectivity index (χ1v) is 8.15. The molecule has 1 aromatic heterocycles. The third-order valence-corrected chi connectivity index (χ3v) is 5.23. The number of rotatable bonds is 7. The Morgan fingerprint density at radius 3 is 2.50 bits per heavy atom. The number of nitrogens with one attached hydrogen (secondary N) is 2. The van der Waals surface area contributed by atoms with Gasteiger partial charge in [0.1, 0.15) is 10.3 Å². The number of hydrogen-bond donors (Lipinski definition) is 3. The summed E-state index contributed by atoms with van der Waals surface area (Å²) in [6, 6.07) is 1.95. The van der Waals surface area contributed by atoms with E-state index in [4.69, 9.17) is 5.11 Å². The van der Waals surface area contributed by atoms with E-state index in [1.54, 1.807) is 25.3 Å². The maximum absolute atomic E-state index is 11.8. The molecule has 7 nitrogen and oxygen atoms in total. The molecule has 0 spiro atoms. The number of carbonyl (C=O) groups excluding carboxylic acids is 1. The molecular formula is C11H16N2O5S2. The van der Waals surface area contributed by atoms with Crippen molar-refractivity contribution in [2.75, 3.05) is 6.54 Å². The van der Waals surface area contributed by atoms with Crippen LogP contribution in [0.15, 0.2) is 21.7 Å². The summed E-state index contributed by atoms with van der Waals surface area (Å²) >= 11 is 1.03. The van der Waals surface area contributed by atoms with Gasteiger partial charge in [0.25, 0.3) is 10.0 Å². The largest absolute Gasteiger partial charge is 0.480 e. The van der Waals surface area contributed by atoms with Gasteiger partial charge in [0, 0.05) is 0 Å². The zero-order valence-electron chi connectivity index (χ0n) is 11.0. The molecule has 0 bridgehead atoms. The lowest BCUT2D eigenvalue weighted by Crippen LogP contribution is -2.47. The van der Waals surface area contributed by atoms with Crippen molar-refractivity contribution in [2.24, 2.45) is 5.92 Å². The molecular weight excluding hydrogens is 304 g/mol. The van der Waals surface area contributed by atoms with Gasteiger partial charge in [0.05, 0.1) is 6.54 Å². The average molecular weight is 320 g/mol. The minimum absolute atomic E-state index is 0.101. The third-order valence-electron chi connectivity index (χ3n) is 2.43. The monoisotopic (exact) mass is 320 g/mol. The van der Waals surface area contributed by atoms with Crippen LogP contribution in [0.25, 0.3) is 0 Å². The van der Waals surface area contributed by atoms with Gasteiger partial charge in [-0.2, -0.15) is 0 Å². The fourth-order valence-electron chi connectivity index (χ4n) is 1.39. The maximum atomic E-state index is 11.8. The molecule has 9 heteroatoms. The highest BCUT2D eigenvalue weighted by atomic mass is 32.2. The lowest BCUT2D eigenvalue weighted by atomic mass is 10.1. The Balaban J connectivity index is 2.58. The molecule has 0 aliphatic rings. The van der Waals surface area contributed by atoms with Gasteiger partial charge in [-0.05, 0) is 17.4 Å². The molecule has 0 saturated carbocycles. The Bertz CT molecular complexity index is 566. The van der Waals surface area contributed by atoms with Crippen molar-refractivity contribution in [1.29, 1.82) is 0 Å².